The van der Waals surface area contributed by atoms with Crippen LogP contribution in [0.5, 0.6) is 0 Å². The van der Waals surface area contributed by atoms with Gasteiger partial charge in [-0.05, 0) is 48.2 Å². The Morgan fingerprint density at radius 2 is 1.89 bits per heavy atom. The van der Waals surface area contributed by atoms with Crippen LogP contribution in [0, 0.1) is 18.3 Å². The first-order valence-corrected chi connectivity index (χ1v) is 8.69. The number of nitrogens with one attached hydrogen (secondary N) is 3. The van der Waals surface area contributed by atoms with Gasteiger partial charge in [0.1, 0.15) is 0 Å². The molecular weight excluding hydrogens is 340 g/mol. The van der Waals surface area contributed by atoms with Gasteiger partial charge in [0, 0.05) is 29.3 Å². The van der Waals surface area contributed by atoms with Gasteiger partial charge in [0.15, 0.2) is 0 Å². The number of aryl methyl sites for hydroxylation is 1. The van der Waals surface area contributed by atoms with Crippen LogP contribution < -0.4 is 10.6 Å². The number of benzene rings is 2. The number of hydrogen-bond acceptors (Lipinski definition) is 3. The molecule has 3 rings (SSSR count). The van der Waals surface area contributed by atoms with Gasteiger partial charge in [-0.15, -0.1) is 0 Å². The highest BCUT2D eigenvalue weighted by Gasteiger charge is 2.14. The molecule has 2 aromatic carbocycles. The van der Waals surface area contributed by atoms with E-state index < -0.39 is 11.8 Å². The zero-order valence-corrected chi connectivity index (χ0v) is 15.0. The van der Waals surface area contributed by atoms with Gasteiger partial charge in [-0.1, -0.05) is 24.3 Å². The molecule has 0 aliphatic heterocycles. The number of hydrogen-bond donors (Lipinski definition) is 3. The van der Waals surface area contributed by atoms with Crippen LogP contribution in [0.25, 0.3) is 10.9 Å². The molecular formula is C21H20N4O2. The van der Waals surface area contributed by atoms with Crippen LogP contribution in [0.15, 0.2) is 48.7 Å². The summed E-state index contributed by atoms with van der Waals surface area (Å²) in [5.74, 6) is -1.38. The summed E-state index contributed by atoms with van der Waals surface area (Å²) in [5.41, 5.74) is 4.72. The van der Waals surface area contributed by atoms with E-state index in [-0.39, 0.29) is 0 Å². The number of anilines is 1. The van der Waals surface area contributed by atoms with Crippen molar-refractivity contribution >= 4 is 28.4 Å². The molecule has 3 N–H and O–H groups in total. The van der Waals surface area contributed by atoms with Crippen LogP contribution >= 0.6 is 0 Å². The monoisotopic (exact) mass is 360 g/mol. The summed E-state index contributed by atoms with van der Waals surface area (Å²) in [5, 5.41) is 15.0. The number of fused-ring (bicyclic) bond motifs is 1. The highest BCUT2D eigenvalue weighted by Crippen LogP contribution is 2.22. The van der Waals surface area contributed by atoms with Crippen molar-refractivity contribution in [2.24, 2.45) is 0 Å². The number of nitriles is 1. The number of carbonyl (C=O) groups is 2. The zero-order chi connectivity index (χ0) is 19.2. The van der Waals surface area contributed by atoms with Crippen molar-refractivity contribution in [3.63, 3.8) is 0 Å². The molecule has 0 bridgehead atoms. The number of rotatable bonds is 5. The Labute approximate surface area is 157 Å². The molecule has 3 aromatic rings. The van der Waals surface area contributed by atoms with Crippen LogP contribution in [0.3, 0.4) is 0 Å². The second-order valence-electron chi connectivity index (χ2n) is 6.30. The molecule has 0 saturated carbocycles. The Bertz CT molecular complexity index is 1010. The number of nitrogens with zero attached hydrogens (tertiary/aromatic N) is 1. The van der Waals surface area contributed by atoms with E-state index in [1.54, 1.807) is 24.3 Å². The fraction of sp³-hybridized carbons (Fsp3) is 0.190. The number of aromatic amines is 1. The van der Waals surface area contributed by atoms with Gasteiger partial charge in [0.2, 0.25) is 0 Å². The van der Waals surface area contributed by atoms with Crippen LogP contribution in [0.1, 0.15) is 16.7 Å². The third-order valence-electron chi connectivity index (χ3n) is 4.38. The number of carbonyl (C=O) groups excluding carboxylic acids is 2. The zero-order valence-electron chi connectivity index (χ0n) is 15.0. The van der Waals surface area contributed by atoms with Gasteiger partial charge in [0.25, 0.3) is 0 Å². The van der Waals surface area contributed by atoms with Crippen molar-refractivity contribution < 1.29 is 9.59 Å². The van der Waals surface area contributed by atoms with E-state index in [1.165, 1.54) is 5.56 Å². The largest absolute Gasteiger partial charge is 0.361 e. The summed E-state index contributed by atoms with van der Waals surface area (Å²) in [6, 6.07) is 15.0. The Kier molecular flexibility index (Phi) is 5.53. The summed E-state index contributed by atoms with van der Waals surface area (Å²) in [6.07, 6.45) is 2.88. The first-order valence-electron chi connectivity index (χ1n) is 8.69. The van der Waals surface area contributed by atoms with Crippen molar-refractivity contribution in [2.75, 3.05) is 11.9 Å². The Morgan fingerprint density at radius 3 is 2.63 bits per heavy atom. The molecule has 0 saturated heterocycles. The van der Waals surface area contributed by atoms with Gasteiger partial charge in [-0.25, -0.2) is 0 Å². The maximum absolute atomic E-state index is 12.0. The van der Waals surface area contributed by atoms with E-state index in [2.05, 4.69) is 21.7 Å². The lowest BCUT2D eigenvalue weighted by Crippen LogP contribution is -2.36. The highest BCUT2D eigenvalue weighted by molar-refractivity contribution is 6.39. The van der Waals surface area contributed by atoms with E-state index >= 15 is 0 Å². The number of H-pyrrole nitrogens is 1. The van der Waals surface area contributed by atoms with E-state index in [9.17, 15) is 9.59 Å². The summed E-state index contributed by atoms with van der Waals surface area (Å²) < 4.78 is 0. The Balaban J connectivity index is 1.52. The van der Waals surface area contributed by atoms with E-state index in [0.29, 0.717) is 25.1 Å². The minimum Gasteiger partial charge on any atom is -0.361 e. The predicted molar refractivity (Wildman–Crippen MR) is 104 cm³/mol. The molecule has 1 heterocycles. The van der Waals surface area contributed by atoms with Crippen molar-refractivity contribution in [1.82, 2.24) is 10.3 Å². The van der Waals surface area contributed by atoms with Gasteiger partial charge < -0.3 is 15.6 Å². The maximum atomic E-state index is 12.0. The lowest BCUT2D eigenvalue weighted by atomic mass is 10.1. The summed E-state index contributed by atoms with van der Waals surface area (Å²) in [7, 11) is 0. The van der Waals surface area contributed by atoms with Crippen molar-refractivity contribution in [3.8, 4) is 6.07 Å². The Hall–Kier alpha value is -3.59. The van der Waals surface area contributed by atoms with Crippen molar-refractivity contribution in [2.45, 2.75) is 19.8 Å². The van der Waals surface area contributed by atoms with Crippen LogP contribution in [0.2, 0.25) is 0 Å². The molecule has 0 unspecified atom stereocenters. The molecule has 1 aromatic heterocycles. The molecule has 6 heteroatoms. The van der Waals surface area contributed by atoms with Crippen molar-refractivity contribution in [1.29, 1.82) is 5.26 Å². The SMILES string of the molecule is Cc1cccc2[nH]cc(CCNC(=O)C(=O)Nc3ccc(CC#N)cc3)c12. The number of aromatic nitrogens is 1. The minimum atomic E-state index is -0.710. The van der Waals surface area contributed by atoms with E-state index in [0.717, 1.165) is 22.0 Å². The van der Waals surface area contributed by atoms with Gasteiger partial charge in [0.05, 0.1) is 12.5 Å². The van der Waals surface area contributed by atoms with E-state index in [4.69, 9.17) is 5.26 Å². The molecule has 0 fully saturated rings. The highest BCUT2D eigenvalue weighted by atomic mass is 16.2. The first-order chi connectivity index (χ1) is 13.1. The maximum Gasteiger partial charge on any atom is 0.313 e. The first kappa shape index (κ1) is 18.2. The average molecular weight is 360 g/mol. The van der Waals surface area contributed by atoms with Gasteiger partial charge in [-0.2, -0.15) is 5.26 Å². The summed E-state index contributed by atoms with van der Waals surface area (Å²) in [4.78, 5) is 27.2. The second-order valence-corrected chi connectivity index (χ2v) is 6.30. The summed E-state index contributed by atoms with van der Waals surface area (Å²) >= 11 is 0. The van der Waals surface area contributed by atoms with Gasteiger partial charge >= 0.3 is 11.8 Å². The molecule has 0 atom stereocenters. The predicted octanol–water partition coefficient (Wildman–Crippen LogP) is 2.84. The molecule has 0 aliphatic rings. The topological polar surface area (TPSA) is 97.8 Å². The van der Waals surface area contributed by atoms with Crippen LogP contribution in [-0.2, 0) is 22.4 Å². The third kappa shape index (κ3) is 4.33. The van der Waals surface area contributed by atoms with E-state index in [1.807, 2.05) is 31.3 Å². The molecule has 136 valence electrons. The average Bonchev–Trinajstić information content (AvgIpc) is 3.08. The molecule has 6 nitrogen and oxygen atoms in total. The van der Waals surface area contributed by atoms with Crippen molar-refractivity contribution in [3.05, 3.63) is 65.4 Å². The fourth-order valence-corrected chi connectivity index (χ4v) is 3.02. The lowest BCUT2D eigenvalue weighted by Gasteiger charge is -2.07. The standard InChI is InChI=1S/C21H20N4O2/c1-14-3-2-4-18-19(14)16(13-24-18)10-12-23-20(26)21(27)25-17-7-5-15(6-8-17)9-11-22/h2-8,13,24H,9-10,12H2,1H3,(H,23,26)(H,25,27). The molecule has 0 radical (unpaired) electrons. The van der Waals surface area contributed by atoms with Gasteiger partial charge in [-0.3, -0.25) is 9.59 Å². The fourth-order valence-electron chi connectivity index (χ4n) is 3.02. The Morgan fingerprint density at radius 1 is 1.11 bits per heavy atom. The molecule has 2 amide bonds. The summed E-state index contributed by atoms with van der Waals surface area (Å²) in [6.45, 7) is 2.42. The van der Waals surface area contributed by atoms with Crippen LogP contribution in [-0.4, -0.2) is 23.3 Å². The normalized spacial score (nSPS) is 10.4. The molecule has 0 aliphatic carbocycles. The smallest absolute Gasteiger partial charge is 0.313 e. The quantitative estimate of drug-likeness (QED) is 0.610. The third-order valence-corrected chi connectivity index (χ3v) is 4.38. The molecule has 27 heavy (non-hydrogen) atoms. The number of amides is 2. The minimum absolute atomic E-state index is 0.308. The van der Waals surface area contributed by atoms with Crippen LogP contribution in [0.4, 0.5) is 5.69 Å². The lowest BCUT2D eigenvalue weighted by molar-refractivity contribution is -0.136. The second kappa shape index (κ2) is 8.19. The molecule has 0 spiro atoms.